The molecular formula is C18H21F3IN3. The molecule has 2 aromatic rings. The van der Waals surface area contributed by atoms with Gasteiger partial charge in [-0.2, -0.15) is 13.2 Å². The Morgan fingerprint density at radius 2 is 1.96 bits per heavy atom. The van der Waals surface area contributed by atoms with Crippen LogP contribution in [-0.2, 0) is 25.6 Å². The average molecular weight is 463 g/mol. The van der Waals surface area contributed by atoms with Crippen LogP contribution in [0, 0.1) is 3.70 Å². The molecule has 136 valence electrons. The highest BCUT2D eigenvalue weighted by Crippen LogP contribution is 2.31. The van der Waals surface area contributed by atoms with Crippen LogP contribution in [0.5, 0.6) is 0 Å². The fourth-order valence-electron chi connectivity index (χ4n) is 3.33. The molecule has 0 amide bonds. The Morgan fingerprint density at radius 1 is 1.24 bits per heavy atom. The molecule has 1 aromatic carbocycles. The maximum Gasteiger partial charge on any atom is 0.416 e. The zero-order valence-corrected chi connectivity index (χ0v) is 16.2. The van der Waals surface area contributed by atoms with Gasteiger partial charge in [-0.25, -0.2) is 4.98 Å². The first-order chi connectivity index (χ1) is 11.9. The van der Waals surface area contributed by atoms with E-state index in [1.165, 1.54) is 5.69 Å². The maximum atomic E-state index is 12.7. The maximum absolute atomic E-state index is 12.7. The molecule has 0 aliphatic carbocycles. The predicted octanol–water partition coefficient (Wildman–Crippen LogP) is 4.74. The highest BCUT2D eigenvalue weighted by Gasteiger charge is 2.30. The number of nitrogens with one attached hydrogen (secondary N) is 1. The van der Waals surface area contributed by atoms with Gasteiger partial charge in [0.05, 0.1) is 17.3 Å². The van der Waals surface area contributed by atoms with Crippen LogP contribution in [0.15, 0.2) is 24.3 Å². The Bertz CT molecular complexity index is 722. The van der Waals surface area contributed by atoms with Crippen molar-refractivity contribution in [1.29, 1.82) is 0 Å². The lowest BCUT2D eigenvalue weighted by atomic mass is 10.0. The predicted molar refractivity (Wildman–Crippen MR) is 99.4 cm³/mol. The van der Waals surface area contributed by atoms with Gasteiger partial charge in [-0.05, 0) is 59.5 Å². The van der Waals surface area contributed by atoms with E-state index in [9.17, 15) is 13.2 Å². The van der Waals surface area contributed by atoms with Crippen molar-refractivity contribution >= 4 is 22.6 Å². The molecule has 0 bridgehead atoms. The second-order valence-corrected chi connectivity index (χ2v) is 7.37. The molecule has 1 aliphatic rings. The van der Waals surface area contributed by atoms with Gasteiger partial charge in [0.25, 0.3) is 0 Å². The molecule has 1 aromatic heterocycles. The second kappa shape index (κ2) is 7.65. The number of aromatic nitrogens is 2. The van der Waals surface area contributed by atoms with Crippen LogP contribution in [-0.4, -0.2) is 16.1 Å². The number of aryl methyl sites for hydroxylation is 2. The molecule has 3 rings (SSSR count). The molecule has 0 fully saturated rings. The van der Waals surface area contributed by atoms with Gasteiger partial charge in [0.2, 0.25) is 0 Å². The van der Waals surface area contributed by atoms with Crippen LogP contribution < -0.4 is 5.32 Å². The van der Waals surface area contributed by atoms with Crippen molar-refractivity contribution in [2.45, 2.75) is 51.4 Å². The summed E-state index contributed by atoms with van der Waals surface area (Å²) < 4.78 is 41.3. The van der Waals surface area contributed by atoms with E-state index in [0.29, 0.717) is 0 Å². The minimum atomic E-state index is -4.28. The Morgan fingerprint density at radius 3 is 2.60 bits per heavy atom. The fourth-order valence-corrected chi connectivity index (χ4v) is 4.28. The van der Waals surface area contributed by atoms with Crippen molar-refractivity contribution in [1.82, 2.24) is 14.9 Å². The summed E-state index contributed by atoms with van der Waals surface area (Å²) in [5.74, 6) is 1.14. The summed E-state index contributed by atoms with van der Waals surface area (Å²) in [5, 5.41) is 3.53. The minimum Gasteiger partial charge on any atom is -0.328 e. The Labute approximate surface area is 159 Å². The third kappa shape index (κ3) is 4.19. The van der Waals surface area contributed by atoms with Gasteiger partial charge in [-0.1, -0.05) is 19.1 Å². The minimum absolute atomic E-state index is 0.195. The first kappa shape index (κ1) is 18.7. The van der Waals surface area contributed by atoms with E-state index in [1.54, 1.807) is 12.1 Å². The Hall–Kier alpha value is -1.09. The molecule has 0 saturated carbocycles. The summed E-state index contributed by atoms with van der Waals surface area (Å²) >= 11 is 2.29. The van der Waals surface area contributed by atoms with Gasteiger partial charge in [0, 0.05) is 19.5 Å². The highest BCUT2D eigenvalue weighted by molar-refractivity contribution is 14.1. The van der Waals surface area contributed by atoms with Crippen molar-refractivity contribution in [3.05, 3.63) is 50.6 Å². The third-order valence-electron chi connectivity index (χ3n) is 4.57. The fraction of sp³-hybridized carbons (Fsp3) is 0.500. The summed E-state index contributed by atoms with van der Waals surface area (Å²) in [6.45, 7) is 3.98. The molecule has 1 aliphatic heterocycles. The van der Waals surface area contributed by atoms with E-state index in [2.05, 4.69) is 39.4 Å². The molecule has 1 unspecified atom stereocenters. The van der Waals surface area contributed by atoms with Crippen LogP contribution in [0.2, 0.25) is 0 Å². The van der Waals surface area contributed by atoms with Crippen molar-refractivity contribution < 1.29 is 13.2 Å². The van der Waals surface area contributed by atoms with E-state index < -0.39 is 11.7 Å². The zero-order valence-electron chi connectivity index (χ0n) is 14.0. The summed E-state index contributed by atoms with van der Waals surface area (Å²) in [6, 6.07) is 5.68. The van der Waals surface area contributed by atoms with Crippen molar-refractivity contribution in [3.63, 3.8) is 0 Å². The number of alkyl halides is 3. The summed E-state index contributed by atoms with van der Waals surface area (Å²) in [5.41, 5.74) is 1.56. The largest absolute Gasteiger partial charge is 0.416 e. The van der Waals surface area contributed by atoms with Crippen LogP contribution in [0.25, 0.3) is 0 Å². The molecule has 1 atom stereocenters. The van der Waals surface area contributed by atoms with Crippen LogP contribution >= 0.6 is 22.6 Å². The number of benzene rings is 1. The first-order valence-electron chi connectivity index (χ1n) is 8.54. The summed E-state index contributed by atoms with van der Waals surface area (Å²) in [4.78, 5) is 4.71. The van der Waals surface area contributed by atoms with Gasteiger partial charge < -0.3 is 9.88 Å². The zero-order chi connectivity index (χ0) is 18.0. The van der Waals surface area contributed by atoms with E-state index in [1.807, 2.05) is 0 Å². The first-order valence-corrected chi connectivity index (χ1v) is 9.62. The van der Waals surface area contributed by atoms with Gasteiger partial charge in [-0.15, -0.1) is 0 Å². The highest BCUT2D eigenvalue weighted by atomic mass is 127. The van der Waals surface area contributed by atoms with Gasteiger partial charge in [0.15, 0.2) is 0 Å². The summed E-state index contributed by atoms with van der Waals surface area (Å²) in [6.07, 6.45) is -0.654. The molecule has 0 saturated heterocycles. The van der Waals surface area contributed by atoms with Crippen LogP contribution in [0.4, 0.5) is 13.2 Å². The number of halogens is 4. The molecule has 0 radical (unpaired) electrons. The molecule has 25 heavy (non-hydrogen) atoms. The van der Waals surface area contributed by atoms with Crippen molar-refractivity contribution in [2.24, 2.45) is 0 Å². The number of hydrogen-bond acceptors (Lipinski definition) is 2. The smallest absolute Gasteiger partial charge is 0.328 e. The van der Waals surface area contributed by atoms with Gasteiger partial charge in [-0.3, -0.25) is 0 Å². The Balaban J connectivity index is 1.71. The number of rotatable bonds is 5. The Kier molecular flexibility index (Phi) is 5.72. The average Bonchev–Trinajstić information content (AvgIpc) is 2.90. The molecule has 1 N–H and O–H groups in total. The molecule has 3 nitrogen and oxygen atoms in total. The number of hydrogen-bond donors (Lipinski definition) is 1. The number of fused-ring (bicyclic) bond motifs is 1. The van der Waals surface area contributed by atoms with E-state index in [0.717, 1.165) is 66.0 Å². The van der Waals surface area contributed by atoms with Crippen LogP contribution in [0.1, 0.15) is 48.5 Å². The second-order valence-electron chi connectivity index (χ2n) is 6.35. The molecule has 7 heteroatoms. The number of nitrogens with zero attached hydrogens (tertiary/aromatic N) is 2. The SMILES string of the molecule is CCCc1nc(I)c2n1CCNC2CCc1ccc(C(F)(F)F)cc1. The number of imidazole rings is 1. The molecule has 0 spiro atoms. The quantitative estimate of drug-likeness (QED) is 0.650. The van der Waals surface area contributed by atoms with Gasteiger partial charge in [0.1, 0.15) is 9.53 Å². The lowest BCUT2D eigenvalue weighted by Gasteiger charge is -2.27. The van der Waals surface area contributed by atoms with E-state index >= 15 is 0 Å². The standard InChI is InChI=1S/C18H21F3IN3/c1-2-3-15-24-17(22)16-14(23-10-11-25(15)16)9-6-12-4-7-13(8-5-12)18(19,20)21/h4-5,7-8,14,23H,2-3,6,9-11H2,1H3. The topological polar surface area (TPSA) is 29.9 Å². The lowest BCUT2D eigenvalue weighted by Crippen LogP contribution is -2.34. The van der Waals surface area contributed by atoms with Crippen molar-refractivity contribution in [2.75, 3.05) is 6.54 Å². The van der Waals surface area contributed by atoms with Crippen molar-refractivity contribution in [3.8, 4) is 0 Å². The lowest BCUT2D eigenvalue weighted by molar-refractivity contribution is -0.137. The van der Waals surface area contributed by atoms with Gasteiger partial charge >= 0.3 is 6.18 Å². The monoisotopic (exact) mass is 463 g/mol. The van der Waals surface area contributed by atoms with E-state index in [-0.39, 0.29) is 6.04 Å². The van der Waals surface area contributed by atoms with E-state index in [4.69, 9.17) is 4.98 Å². The normalized spacial score (nSPS) is 17.6. The summed E-state index contributed by atoms with van der Waals surface area (Å²) in [7, 11) is 0. The molecule has 2 heterocycles. The molecular weight excluding hydrogens is 442 g/mol. The third-order valence-corrected chi connectivity index (χ3v) is 5.37. The van der Waals surface area contributed by atoms with Crippen LogP contribution in [0.3, 0.4) is 0 Å².